The van der Waals surface area contributed by atoms with Crippen LogP contribution in [0.25, 0.3) is 0 Å². The SMILES string of the molecule is CC(C)C(O)CNC(=O)c1cc(F)c(Cl)cc1Cl. The largest absolute Gasteiger partial charge is 0.391 e. The molecule has 1 atom stereocenters. The lowest BCUT2D eigenvalue weighted by Gasteiger charge is -2.15. The lowest BCUT2D eigenvalue weighted by atomic mass is 10.1. The smallest absolute Gasteiger partial charge is 0.252 e. The Morgan fingerprint density at radius 3 is 2.56 bits per heavy atom. The van der Waals surface area contributed by atoms with Crippen LogP contribution in [0.3, 0.4) is 0 Å². The molecule has 0 aliphatic heterocycles. The Morgan fingerprint density at radius 2 is 2.00 bits per heavy atom. The number of carbonyl (C=O) groups excluding carboxylic acids is 1. The Hall–Kier alpha value is -0.840. The van der Waals surface area contributed by atoms with Crippen LogP contribution < -0.4 is 5.32 Å². The maximum absolute atomic E-state index is 13.2. The van der Waals surface area contributed by atoms with Gasteiger partial charge in [0.15, 0.2) is 0 Å². The first-order chi connectivity index (χ1) is 8.32. The summed E-state index contributed by atoms with van der Waals surface area (Å²) in [4.78, 5) is 11.7. The third kappa shape index (κ3) is 3.83. The van der Waals surface area contributed by atoms with Crippen molar-refractivity contribution in [1.29, 1.82) is 0 Å². The van der Waals surface area contributed by atoms with E-state index in [9.17, 15) is 14.3 Å². The molecule has 0 bridgehead atoms. The summed E-state index contributed by atoms with van der Waals surface area (Å²) in [5.74, 6) is -1.24. The van der Waals surface area contributed by atoms with E-state index in [1.807, 2.05) is 13.8 Å². The molecule has 0 aliphatic carbocycles. The summed E-state index contributed by atoms with van der Waals surface area (Å²) in [7, 11) is 0. The van der Waals surface area contributed by atoms with Crippen LogP contribution in [0.2, 0.25) is 10.0 Å². The molecule has 0 aliphatic rings. The fourth-order valence-electron chi connectivity index (χ4n) is 1.22. The topological polar surface area (TPSA) is 49.3 Å². The fourth-order valence-corrected chi connectivity index (χ4v) is 1.69. The normalized spacial score (nSPS) is 12.6. The van der Waals surface area contributed by atoms with Crippen LogP contribution in [-0.2, 0) is 0 Å². The number of carbonyl (C=O) groups is 1. The molecule has 100 valence electrons. The Bertz CT molecular complexity index is 452. The minimum Gasteiger partial charge on any atom is -0.391 e. The Labute approximate surface area is 115 Å². The highest BCUT2D eigenvalue weighted by Crippen LogP contribution is 2.24. The summed E-state index contributed by atoms with van der Waals surface area (Å²) in [5.41, 5.74) is -0.00507. The number of aliphatic hydroxyl groups is 1. The molecule has 0 saturated carbocycles. The van der Waals surface area contributed by atoms with Gasteiger partial charge in [-0.05, 0) is 18.1 Å². The third-order valence-corrected chi connectivity index (χ3v) is 3.10. The molecule has 18 heavy (non-hydrogen) atoms. The van der Waals surface area contributed by atoms with Crippen LogP contribution in [0.5, 0.6) is 0 Å². The molecule has 0 spiro atoms. The highest BCUT2D eigenvalue weighted by atomic mass is 35.5. The number of hydrogen-bond donors (Lipinski definition) is 2. The second kappa shape index (κ2) is 6.36. The van der Waals surface area contributed by atoms with E-state index in [0.29, 0.717) is 0 Å². The van der Waals surface area contributed by atoms with Gasteiger partial charge in [0, 0.05) is 6.54 Å². The van der Waals surface area contributed by atoms with Crippen molar-refractivity contribution in [2.75, 3.05) is 6.54 Å². The van der Waals surface area contributed by atoms with Crippen molar-refractivity contribution in [3.8, 4) is 0 Å². The van der Waals surface area contributed by atoms with Gasteiger partial charge in [-0.2, -0.15) is 0 Å². The predicted octanol–water partition coefficient (Wildman–Crippen LogP) is 2.88. The second-order valence-corrected chi connectivity index (χ2v) is 5.08. The van der Waals surface area contributed by atoms with Crippen molar-refractivity contribution in [3.63, 3.8) is 0 Å². The predicted molar refractivity (Wildman–Crippen MR) is 69.6 cm³/mol. The summed E-state index contributed by atoms with van der Waals surface area (Å²) >= 11 is 11.3. The molecule has 1 aromatic rings. The Balaban J connectivity index is 2.76. The molecular formula is C12H14Cl2FNO2. The first kappa shape index (κ1) is 15.2. The molecule has 0 heterocycles. The number of halogens is 3. The van der Waals surface area contributed by atoms with Crippen molar-refractivity contribution >= 4 is 29.1 Å². The average Bonchev–Trinajstić information content (AvgIpc) is 2.30. The first-order valence-corrected chi connectivity index (χ1v) is 6.19. The minimum absolute atomic E-state index is 0.00507. The van der Waals surface area contributed by atoms with Crippen LogP contribution in [0.15, 0.2) is 12.1 Å². The quantitative estimate of drug-likeness (QED) is 0.839. The van der Waals surface area contributed by atoms with Gasteiger partial charge in [-0.1, -0.05) is 37.0 Å². The van der Waals surface area contributed by atoms with E-state index < -0.39 is 17.8 Å². The molecular weight excluding hydrogens is 280 g/mol. The van der Waals surface area contributed by atoms with Crippen LogP contribution >= 0.6 is 23.2 Å². The molecule has 0 aromatic heterocycles. The maximum Gasteiger partial charge on any atom is 0.252 e. The monoisotopic (exact) mass is 293 g/mol. The van der Waals surface area contributed by atoms with E-state index in [1.165, 1.54) is 6.07 Å². The van der Waals surface area contributed by atoms with Gasteiger partial charge in [-0.3, -0.25) is 4.79 Å². The van der Waals surface area contributed by atoms with Gasteiger partial charge >= 0.3 is 0 Å². The Kier molecular flexibility index (Phi) is 5.38. The molecule has 1 unspecified atom stereocenters. The van der Waals surface area contributed by atoms with E-state index in [2.05, 4.69) is 5.32 Å². The average molecular weight is 294 g/mol. The van der Waals surface area contributed by atoms with Gasteiger partial charge in [0.1, 0.15) is 5.82 Å². The number of aliphatic hydroxyl groups excluding tert-OH is 1. The van der Waals surface area contributed by atoms with Crippen LogP contribution in [0, 0.1) is 11.7 Å². The summed E-state index contributed by atoms with van der Waals surface area (Å²) in [6.07, 6.45) is -0.662. The number of rotatable bonds is 4. The number of nitrogens with one attached hydrogen (secondary N) is 1. The Morgan fingerprint density at radius 1 is 1.39 bits per heavy atom. The molecule has 3 nitrogen and oxygen atoms in total. The summed E-state index contributed by atoms with van der Waals surface area (Å²) in [5, 5.41) is 12.0. The van der Waals surface area contributed by atoms with Gasteiger partial charge in [-0.25, -0.2) is 4.39 Å². The molecule has 0 fully saturated rings. The van der Waals surface area contributed by atoms with E-state index in [1.54, 1.807) is 0 Å². The van der Waals surface area contributed by atoms with Crippen molar-refractivity contribution in [1.82, 2.24) is 5.32 Å². The molecule has 1 amide bonds. The highest BCUT2D eigenvalue weighted by Gasteiger charge is 2.16. The van der Waals surface area contributed by atoms with Gasteiger partial charge in [-0.15, -0.1) is 0 Å². The van der Waals surface area contributed by atoms with E-state index in [0.717, 1.165) is 6.07 Å². The second-order valence-electron chi connectivity index (χ2n) is 4.27. The van der Waals surface area contributed by atoms with Crippen molar-refractivity contribution in [2.45, 2.75) is 20.0 Å². The van der Waals surface area contributed by atoms with Gasteiger partial charge in [0.2, 0.25) is 0 Å². The zero-order valence-electron chi connectivity index (χ0n) is 10.0. The number of amides is 1. The van der Waals surface area contributed by atoms with Crippen LogP contribution in [0.1, 0.15) is 24.2 Å². The van der Waals surface area contributed by atoms with Crippen molar-refractivity contribution < 1.29 is 14.3 Å². The standard InChI is InChI=1S/C12H14Cl2FNO2/c1-6(2)11(17)5-16-12(18)7-3-10(15)9(14)4-8(7)13/h3-4,6,11,17H,5H2,1-2H3,(H,16,18). The van der Waals surface area contributed by atoms with E-state index >= 15 is 0 Å². The molecule has 1 rings (SSSR count). The lowest BCUT2D eigenvalue weighted by Crippen LogP contribution is -2.34. The van der Waals surface area contributed by atoms with E-state index in [4.69, 9.17) is 23.2 Å². The minimum atomic E-state index is -0.712. The van der Waals surface area contributed by atoms with Crippen LogP contribution in [-0.4, -0.2) is 23.7 Å². The van der Waals surface area contributed by atoms with Gasteiger partial charge in [0.05, 0.1) is 21.7 Å². The molecule has 0 saturated heterocycles. The number of hydrogen-bond acceptors (Lipinski definition) is 2. The maximum atomic E-state index is 13.2. The summed E-state index contributed by atoms with van der Waals surface area (Å²) < 4.78 is 13.2. The van der Waals surface area contributed by atoms with Crippen LogP contribution in [0.4, 0.5) is 4.39 Å². The summed E-state index contributed by atoms with van der Waals surface area (Å²) in [6, 6.07) is 2.15. The van der Waals surface area contributed by atoms with E-state index in [-0.39, 0.29) is 28.1 Å². The molecule has 6 heteroatoms. The fraction of sp³-hybridized carbons (Fsp3) is 0.417. The van der Waals surface area contributed by atoms with Gasteiger partial charge < -0.3 is 10.4 Å². The molecule has 2 N–H and O–H groups in total. The molecule has 0 radical (unpaired) electrons. The zero-order chi connectivity index (χ0) is 13.9. The van der Waals surface area contributed by atoms with Crippen molar-refractivity contribution in [2.24, 2.45) is 5.92 Å². The summed E-state index contributed by atoms with van der Waals surface area (Å²) in [6.45, 7) is 3.73. The third-order valence-electron chi connectivity index (χ3n) is 2.50. The lowest BCUT2D eigenvalue weighted by molar-refractivity contribution is 0.0871. The highest BCUT2D eigenvalue weighted by molar-refractivity contribution is 6.36. The first-order valence-electron chi connectivity index (χ1n) is 5.43. The zero-order valence-corrected chi connectivity index (χ0v) is 11.5. The number of benzene rings is 1. The van der Waals surface area contributed by atoms with Gasteiger partial charge in [0.25, 0.3) is 5.91 Å². The van der Waals surface area contributed by atoms with Crippen molar-refractivity contribution in [3.05, 3.63) is 33.6 Å². The molecule has 1 aromatic carbocycles.